The number of hydrogen-bond acceptors (Lipinski definition) is 3. The van der Waals surface area contributed by atoms with E-state index in [0.717, 1.165) is 35.8 Å². The molecule has 1 aliphatic heterocycles. The van der Waals surface area contributed by atoms with Crippen LogP contribution in [0.15, 0.2) is 42.5 Å². The molecule has 3 rings (SSSR count). The molecule has 2 aromatic carbocycles. The van der Waals surface area contributed by atoms with Crippen molar-refractivity contribution in [1.82, 2.24) is 9.80 Å². The lowest BCUT2D eigenvalue weighted by molar-refractivity contribution is -0.129. The molecule has 0 bridgehead atoms. The molecule has 7 heteroatoms. The molecule has 2 aromatic rings. The Bertz CT molecular complexity index is 925. The molecule has 0 spiro atoms. The number of carbonyl (C=O) groups excluding carboxylic acids is 1. The quantitative estimate of drug-likeness (QED) is 0.621. The Morgan fingerprint density at radius 3 is 2.62 bits per heavy atom. The summed E-state index contributed by atoms with van der Waals surface area (Å²) < 4.78 is 0. The summed E-state index contributed by atoms with van der Waals surface area (Å²) in [6.45, 7) is 9.92. The molecule has 5 nitrogen and oxygen atoms in total. The van der Waals surface area contributed by atoms with Gasteiger partial charge < -0.3 is 9.80 Å². The maximum absolute atomic E-state index is 12.1. The first-order valence-electron chi connectivity index (χ1n) is 9.48. The van der Waals surface area contributed by atoms with Crippen molar-refractivity contribution >= 4 is 40.5 Å². The Hall–Kier alpha value is -2.26. The van der Waals surface area contributed by atoms with E-state index in [2.05, 4.69) is 14.6 Å². The van der Waals surface area contributed by atoms with Crippen LogP contribution in [0.4, 0.5) is 11.4 Å². The van der Waals surface area contributed by atoms with E-state index in [9.17, 15) is 4.79 Å². The summed E-state index contributed by atoms with van der Waals surface area (Å²) in [7, 11) is 3.56. The van der Waals surface area contributed by atoms with Crippen molar-refractivity contribution in [3.05, 3.63) is 69.5 Å². The predicted octanol–water partition coefficient (Wildman–Crippen LogP) is 4.71. The van der Waals surface area contributed by atoms with Gasteiger partial charge in [-0.15, -0.1) is 0 Å². The van der Waals surface area contributed by atoms with Gasteiger partial charge in [-0.05, 0) is 30.2 Å². The van der Waals surface area contributed by atoms with Crippen LogP contribution in [0.5, 0.6) is 0 Å². The van der Waals surface area contributed by atoms with Gasteiger partial charge in [-0.2, -0.15) is 0 Å². The molecular weight excluding hydrogens is 407 g/mol. The van der Waals surface area contributed by atoms with Gasteiger partial charge in [0.25, 0.3) is 0 Å². The SMILES string of the molecule is [C-]#[N+]c1ccc(N(Cc2ccccc2Cl)[C@H]2CCN(CC(=O)N(C)C)C2)cc1Cl. The summed E-state index contributed by atoms with van der Waals surface area (Å²) in [6, 6.07) is 13.6. The van der Waals surface area contributed by atoms with Crippen molar-refractivity contribution in [2.75, 3.05) is 38.6 Å². The summed E-state index contributed by atoms with van der Waals surface area (Å²) in [5.74, 6) is 0.104. The zero-order valence-corrected chi connectivity index (χ0v) is 18.1. The normalized spacial score (nSPS) is 16.4. The smallest absolute Gasteiger partial charge is 0.236 e. The molecule has 1 heterocycles. The average molecular weight is 431 g/mol. The minimum atomic E-state index is 0.104. The molecule has 0 unspecified atom stereocenters. The van der Waals surface area contributed by atoms with Crippen LogP contribution in [0.25, 0.3) is 4.85 Å². The first kappa shape index (κ1) is 21.4. The van der Waals surface area contributed by atoms with E-state index in [4.69, 9.17) is 29.8 Å². The number of likely N-dealkylation sites (N-methyl/N-ethyl adjacent to an activating group) is 1. The van der Waals surface area contributed by atoms with E-state index in [-0.39, 0.29) is 11.9 Å². The highest BCUT2D eigenvalue weighted by Gasteiger charge is 2.30. The predicted molar refractivity (Wildman–Crippen MR) is 119 cm³/mol. The number of likely N-dealkylation sites (tertiary alicyclic amines) is 1. The minimum Gasteiger partial charge on any atom is -0.363 e. The van der Waals surface area contributed by atoms with Crippen molar-refractivity contribution in [2.45, 2.75) is 19.0 Å². The number of hydrogen-bond donors (Lipinski definition) is 0. The van der Waals surface area contributed by atoms with Crippen LogP contribution < -0.4 is 4.90 Å². The number of anilines is 1. The Balaban J connectivity index is 1.86. The highest BCUT2D eigenvalue weighted by molar-refractivity contribution is 6.33. The Kier molecular flexibility index (Phi) is 7.02. The van der Waals surface area contributed by atoms with Gasteiger partial charge in [0.05, 0.1) is 13.1 Å². The van der Waals surface area contributed by atoms with E-state index in [1.54, 1.807) is 25.1 Å². The number of rotatable bonds is 6. The van der Waals surface area contributed by atoms with E-state index in [1.807, 2.05) is 36.4 Å². The fraction of sp³-hybridized carbons (Fsp3) is 0.364. The Morgan fingerprint density at radius 2 is 1.97 bits per heavy atom. The molecule has 152 valence electrons. The number of carbonyl (C=O) groups is 1. The molecular formula is C22H24Cl2N4O. The first-order valence-corrected chi connectivity index (χ1v) is 10.2. The van der Waals surface area contributed by atoms with Gasteiger partial charge in [0, 0.05) is 55.5 Å². The largest absolute Gasteiger partial charge is 0.363 e. The molecule has 1 fully saturated rings. The second-order valence-corrected chi connectivity index (χ2v) is 8.25. The molecule has 0 N–H and O–H groups in total. The second kappa shape index (κ2) is 9.49. The summed E-state index contributed by atoms with van der Waals surface area (Å²) in [5.41, 5.74) is 2.42. The second-order valence-electron chi connectivity index (χ2n) is 7.43. The molecule has 0 aliphatic carbocycles. The van der Waals surface area contributed by atoms with Gasteiger partial charge in [0.1, 0.15) is 0 Å². The van der Waals surface area contributed by atoms with Crippen molar-refractivity contribution in [3.8, 4) is 0 Å². The lowest BCUT2D eigenvalue weighted by Gasteiger charge is -2.32. The zero-order chi connectivity index (χ0) is 21.0. The van der Waals surface area contributed by atoms with Crippen LogP contribution in [0.2, 0.25) is 10.0 Å². The molecule has 0 aromatic heterocycles. The van der Waals surface area contributed by atoms with Gasteiger partial charge in [-0.25, -0.2) is 4.85 Å². The monoisotopic (exact) mass is 430 g/mol. The minimum absolute atomic E-state index is 0.104. The van der Waals surface area contributed by atoms with Crippen LogP contribution in [0.3, 0.4) is 0 Å². The van der Waals surface area contributed by atoms with Gasteiger partial charge in [-0.1, -0.05) is 47.5 Å². The molecule has 1 atom stereocenters. The van der Waals surface area contributed by atoms with E-state index < -0.39 is 0 Å². The maximum atomic E-state index is 12.1. The van der Waals surface area contributed by atoms with Gasteiger partial charge in [-0.3, -0.25) is 9.69 Å². The number of benzene rings is 2. The van der Waals surface area contributed by atoms with E-state index in [0.29, 0.717) is 23.8 Å². The van der Waals surface area contributed by atoms with Crippen LogP contribution in [0.1, 0.15) is 12.0 Å². The third-order valence-electron chi connectivity index (χ3n) is 5.23. The third kappa shape index (κ3) is 5.22. The van der Waals surface area contributed by atoms with Crippen molar-refractivity contribution in [3.63, 3.8) is 0 Å². The Labute approximate surface area is 182 Å². The topological polar surface area (TPSA) is 31.1 Å². The zero-order valence-electron chi connectivity index (χ0n) is 16.6. The number of amides is 1. The standard InChI is InChI=1S/C22H24Cl2N4O/c1-25-21-9-8-17(12-20(21)24)28(13-16-6-4-5-7-19(16)23)18-10-11-27(14-18)15-22(29)26(2)3/h4-9,12,18H,10-11,13-15H2,2-3H3/t18-/m0/s1. The highest BCUT2D eigenvalue weighted by atomic mass is 35.5. The van der Waals surface area contributed by atoms with Gasteiger partial charge in [0.2, 0.25) is 11.6 Å². The number of nitrogens with zero attached hydrogens (tertiary/aromatic N) is 4. The van der Waals surface area contributed by atoms with E-state index >= 15 is 0 Å². The van der Waals surface area contributed by atoms with Crippen molar-refractivity contribution < 1.29 is 4.79 Å². The highest BCUT2D eigenvalue weighted by Crippen LogP contribution is 2.33. The maximum Gasteiger partial charge on any atom is 0.236 e. The van der Waals surface area contributed by atoms with Gasteiger partial charge >= 0.3 is 0 Å². The summed E-state index contributed by atoms with van der Waals surface area (Å²) in [4.78, 5) is 21.6. The van der Waals surface area contributed by atoms with Crippen LogP contribution in [-0.2, 0) is 11.3 Å². The average Bonchev–Trinajstić information content (AvgIpc) is 3.15. The van der Waals surface area contributed by atoms with Crippen LogP contribution >= 0.6 is 23.2 Å². The fourth-order valence-electron chi connectivity index (χ4n) is 3.55. The Morgan fingerprint density at radius 1 is 1.21 bits per heavy atom. The molecule has 0 saturated carbocycles. The molecule has 1 saturated heterocycles. The molecule has 0 radical (unpaired) electrons. The summed E-state index contributed by atoms with van der Waals surface area (Å²) in [5, 5.41) is 1.17. The van der Waals surface area contributed by atoms with E-state index in [1.165, 1.54) is 0 Å². The molecule has 1 aliphatic rings. The van der Waals surface area contributed by atoms with Crippen LogP contribution in [0, 0.1) is 6.57 Å². The fourth-order valence-corrected chi connectivity index (χ4v) is 3.96. The van der Waals surface area contributed by atoms with Crippen molar-refractivity contribution in [1.29, 1.82) is 0 Å². The first-order chi connectivity index (χ1) is 13.9. The lowest BCUT2D eigenvalue weighted by Crippen LogP contribution is -2.40. The lowest BCUT2D eigenvalue weighted by atomic mass is 10.1. The third-order valence-corrected chi connectivity index (χ3v) is 5.90. The van der Waals surface area contributed by atoms with Gasteiger partial charge in [0.15, 0.2) is 0 Å². The van der Waals surface area contributed by atoms with Crippen molar-refractivity contribution in [2.24, 2.45) is 0 Å². The van der Waals surface area contributed by atoms with Crippen LogP contribution in [-0.4, -0.2) is 55.5 Å². The molecule has 29 heavy (non-hydrogen) atoms. The number of halogens is 2. The molecule has 1 amide bonds. The summed E-state index contributed by atoms with van der Waals surface area (Å²) in [6.07, 6.45) is 0.938. The summed E-state index contributed by atoms with van der Waals surface area (Å²) >= 11 is 12.7.